The molecule has 2 amide bonds. The fraction of sp³-hybridized carbons (Fsp3) is 0. The third kappa shape index (κ3) is 4.46. The van der Waals surface area contributed by atoms with Crippen LogP contribution in [0.15, 0.2) is 47.6 Å². The lowest BCUT2D eigenvalue weighted by atomic mass is 10.2. The quantitative estimate of drug-likeness (QED) is 0.248. The van der Waals surface area contributed by atoms with Crippen molar-refractivity contribution in [3.05, 3.63) is 48.0 Å². The summed E-state index contributed by atoms with van der Waals surface area (Å²) in [5.74, 6) is -2.62. The molecule has 8 heteroatoms. The molecule has 0 bridgehead atoms. The van der Waals surface area contributed by atoms with Gasteiger partial charge in [0.2, 0.25) is 0 Å². The van der Waals surface area contributed by atoms with Crippen LogP contribution in [0, 0.1) is 0 Å². The van der Waals surface area contributed by atoms with E-state index in [1.165, 1.54) is 48.7 Å². The predicted octanol–water partition coefficient (Wildman–Crippen LogP) is 0.892. The Bertz CT molecular complexity index is 773. The molecular weight excluding hydrogens is 302 g/mol. The average Bonchev–Trinajstić information content (AvgIpc) is 2.50. The Hall–Kier alpha value is -3.55. The monoisotopic (exact) mass is 315 g/mol. The van der Waals surface area contributed by atoms with Crippen molar-refractivity contribution in [1.82, 2.24) is 5.43 Å². The second-order valence-corrected chi connectivity index (χ2v) is 4.45. The van der Waals surface area contributed by atoms with Crippen molar-refractivity contribution in [3.8, 4) is 17.2 Å². The number of carbonyl (C=O) groups is 2. The van der Waals surface area contributed by atoms with Crippen LogP contribution in [-0.2, 0) is 9.59 Å². The Morgan fingerprint density at radius 2 is 1.74 bits per heavy atom. The van der Waals surface area contributed by atoms with Crippen LogP contribution in [0.4, 0.5) is 5.69 Å². The average molecular weight is 315 g/mol. The van der Waals surface area contributed by atoms with Crippen LogP contribution in [0.1, 0.15) is 5.56 Å². The van der Waals surface area contributed by atoms with E-state index >= 15 is 0 Å². The van der Waals surface area contributed by atoms with Gasteiger partial charge in [0.1, 0.15) is 5.75 Å². The van der Waals surface area contributed by atoms with Crippen LogP contribution in [0.25, 0.3) is 0 Å². The van der Waals surface area contributed by atoms with E-state index in [4.69, 9.17) is 5.11 Å². The summed E-state index contributed by atoms with van der Waals surface area (Å²) in [5, 5.41) is 33.6. The highest BCUT2D eigenvalue weighted by molar-refractivity contribution is 6.39. The van der Waals surface area contributed by atoms with Crippen molar-refractivity contribution in [1.29, 1.82) is 0 Å². The lowest BCUT2D eigenvalue weighted by Crippen LogP contribution is -2.32. The number of phenols is 3. The molecule has 8 nitrogen and oxygen atoms in total. The van der Waals surface area contributed by atoms with Gasteiger partial charge in [-0.3, -0.25) is 9.59 Å². The van der Waals surface area contributed by atoms with Crippen molar-refractivity contribution in [2.24, 2.45) is 5.10 Å². The first-order valence-electron chi connectivity index (χ1n) is 6.41. The van der Waals surface area contributed by atoms with Crippen LogP contribution in [-0.4, -0.2) is 33.3 Å². The van der Waals surface area contributed by atoms with E-state index in [2.05, 4.69) is 10.4 Å². The van der Waals surface area contributed by atoms with Crippen molar-refractivity contribution in [2.75, 3.05) is 5.32 Å². The molecule has 0 saturated carbocycles. The molecule has 118 valence electrons. The zero-order valence-electron chi connectivity index (χ0n) is 11.7. The summed E-state index contributed by atoms with van der Waals surface area (Å²) in [6.45, 7) is 0. The first kappa shape index (κ1) is 15.8. The number of anilines is 1. The standard InChI is InChI=1S/C15H13N3O5/c19-11-3-1-2-10(7-11)17-14(22)15(23)18-16-8-9-4-5-12(20)13(21)6-9/h1-8,19-21H,(H,17,22)(H,18,23)/b16-8+. The molecule has 0 aromatic heterocycles. The van der Waals surface area contributed by atoms with Crippen molar-refractivity contribution in [2.45, 2.75) is 0 Å². The summed E-state index contributed by atoms with van der Waals surface area (Å²) in [6.07, 6.45) is 1.19. The number of hydrazone groups is 1. The zero-order valence-corrected chi connectivity index (χ0v) is 11.7. The molecule has 5 N–H and O–H groups in total. The van der Waals surface area contributed by atoms with E-state index in [9.17, 15) is 19.8 Å². The van der Waals surface area contributed by atoms with Gasteiger partial charge < -0.3 is 20.6 Å². The number of phenolic OH excluding ortho intramolecular Hbond substituents is 3. The van der Waals surface area contributed by atoms with E-state index < -0.39 is 11.8 Å². The minimum Gasteiger partial charge on any atom is -0.508 e. The van der Waals surface area contributed by atoms with Crippen LogP contribution in [0.5, 0.6) is 17.2 Å². The number of amides is 2. The van der Waals surface area contributed by atoms with Crippen LogP contribution >= 0.6 is 0 Å². The fourth-order valence-corrected chi connectivity index (χ4v) is 1.61. The normalized spacial score (nSPS) is 10.4. The van der Waals surface area contributed by atoms with Crippen molar-refractivity contribution < 1.29 is 24.9 Å². The Morgan fingerprint density at radius 3 is 2.43 bits per heavy atom. The second kappa shape index (κ2) is 6.94. The molecule has 0 spiro atoms. The molecule has 0 aliphatic rings. The van der Waals surface area contributed by atoms with E-state index in [1.807, 2.05) is 5.43 Å². The number of carbonyl (C=O) groups excluding carboxylic acids is 2. The van der Waals surface area contributed by atoms with Gasteiger partial charge >= 0.3 is 11.8 Å². The lowest BCUT2D eigenvalue weighted by molar-refractivity contribution is -0.136. The summed E-state index contributed by atoms with van der Waals surface area (Å²) < 4.78 is 0. The van der Waals surface area contributed by atoms with Crippen LogP contribution < -0.4 is 10.7 Å². The van der Waals surface area contributed by atoms with Gasteiger partial charge in [-0.05, 0) is 35.9 Å². The molecule has 2 rings (SSSR count). The maximum absolute atomic E-state index is 11.6. The molecule has 0 radical (unpaired) electrons. The number of nitrogens with one attached hydrogen (secondary N) is 2. The van der Waals surface area contributed by atoms with Gasteiger partial charge in [0.05, 0.1) is 6.21 Å². The van der Waals surface area contributed by atoms with E-state index in [1.54, 1.807) is 0 Å². The van der Waals surface area contributed by atoms with Gasteiger partial charge in [0.25, 0.3) is 0 Å². The number of rotatable bonds is 3. The molecule has 0 heterocycles. The smallest absolute Gasteiger partial charge is 0.329 e. The molecule has 0 atom stereocenters. The zero-order chi connectivity index (χ0) is 16.8. The number of benzene rings is 2. The first-order chi connectivity index (χ1) is 11.0. The molecule has 0 fully saturated rings. The highest BCUT2D eigenvalue weighted by atomic mass is 16.3. The van der Waals surface area contributed by atoms with E-state index in [0.717, 1.165) is 0 Å². The maximum Gasteiger partial charge on any atom is 0.329 e. The Kier molecular flexibility index (Phi) is 4.78. The summed E-state index contributed by atoms with van der Waals surface area (Å²) in [4.78, 5) is 23.2. The van der Waals surface area contributed by atoms with E-state index in [-0.39, 0.29) is 22.9 Å². The minimum absolute atomic E-state index is 0.0478. The Morgan fingerprint density at radius 1 is 0.957 bits per heavy atom. The summed E-state index contributed by atoms with van der Waals surface area (Å²) >= 11 is 0. The second-order valence-electron chi connectivity index (χ2n) is 4.45. The topological polar surface area (TPSA) is 131 Å². The van der Waals surface area contributed by atoms with Crippen LogP contribution in [0.3, 0.4) is 0 Å². The van der Waals surface area contributed by atoms with Gasteiger partial charge in [-0.2, -0.15) is 5.10 Å². The predicted molar refractivity (Wildman–Crippen MR) is 82.2 cm³/mol. The van der Waals surface area contributed by atoms with Gasteiger partial charge in [-0.1, -0.05) is 6.07 Å². The highest BCUT2D eigenvalue weighted by Crippen LogP contribution is 2.23. The molecule has 0 saturated heterocycles. The molecular formula is C15H13N3O5. The minimum atomic E-state index is -1.01. The number of nitrogens with zero attached hydrogens (tertiary/aromatic N) is 1. The van der Waals surface area contributed by atoms with Crippen LogP contribution in [0.2, 0.25) is 0 Å². The van der Waals surface area contributed by atoms with E-state index in [0.29, 0.717) is 5.56 Å². The summed E-state index contributed by atoms with van der Waals surface area (Å²) in [7, 11) is 0. The van der Waals surface area contributed by atoms with Crippen molar-refractivity contribution in [3.63, 3.8) is 0 Å². The molecule has 0 aliphatic heterocycles. The molecule has 0 unspecified atom stereocenters. The lowest BCUT2D eigenvalue weighted by Gasteiger charge is -2.04. The molecule has 2 aromatic rings. The molecule has 0 aliphatic carbocycles. The molecule has 23 heavy (non-hydrogen) atoms. The van der Waals surface area contributed by atoms with Crippen molar-refractivity contribution >= 4 is 23.7 Å². The van der Waals surface area contributed by atoms with Gasteiger partial charge in [0.15, 0.2) is 11.5 Å². The fourth-order valence-electron chi connectivity index (χ4n) is 1.61. The van der Waals surface area contributed by atoms with Gasteiger partial charge in [0, 0.05) is 11.8 Å². The molecule has 2 aromatic carbocycles. The Balaban J connectivity index is 1.92. The maximum atomic E-state index is 11.6. The van der Waals surface area contributed by atoms with Gasteiger partial charge in [-0.25, -0.2) is 5.43 Å². The highest BCUT2D eigenvalue weighted by Gasteiger charge is 2.12. The largest absolute Gasteiger partial charge is 0.508 e. The Labute approximate surface area is 130 Å². The third-order valence-electron chi connectivity index (χ3n) is 2.69. The number of aromatic hydroxyl groups is 3. The summed E-state index contributed by atoms with van der Waals surface area (Å²) in [5.41, 5.74) is 2.68. The third-order valence-corrected chi connectivity index (χ3v) is 2.69. The number of hydrogen-bond acceptors (Lipinski definition) is 6. The van der Waals surface area contributed by atoms with Gasteiger partial charge in [-0.15, -0.1) is 0 Å². The SMILES string of the molecule is O=C(N/N=C/c1ccc(O)c(O)c1)C(=O)Nc1cccc(O)c1. The first-order valence-corrected chi connectivity index (χ1v) is 6.41. The summed E-state index contributed by atoms with van der Waals surface area (Å²) in [6, 6.07) is 9.68. The number of hydrogen-bond donors (Lipinski definition) is 5.